The maximum Gasteiger partial charge on any atom is 0.271 e. The molecule has 0 fully saturated rings. The lowest BCUT2D eigenvalue weighted by Gasteiger charge is -2.14. The van der Waals surface area contributed by atoms with E-state index in [-0.39, 0.29) is 12.2 Å². The number of amides is 1. The van der Waals surface area contributed by atoms with Gasteiger partial charge < -0.3 is 9.47 Å². The van der Waals surface area contributed by atoms with Crippen molar-refractivity contribution in [1.29, 1.82) is 0 Å². The van der Waals surface area contributed by atoms with E-state index in [1.807, 2.05) is 18.2 Å². The van der Waals surface area contributed by atoms with Gasteiger partial charge in [0, 0.05) is 16.1 Å². The van der Waals surface area contributed by atoms with Crippen LogP contribution >= 0.6 is 23.2 Å². The molecule has 0 atom stereocenters. The summed E-state index contributed by atoms with van der Waals surface area (Å²) in [5.41, 5.74) is 4.05. The lowest BCUT2D eigenvalue weighted by Crippen LogP contribution is -2.17. The van der Waals surface area contributed by atoms with Crippen molar-refractivity contribution in [2.45, 2.75) is 6.61 Å². The predicted molar refractivity (Wildman–Crippen MR) is 115 cm³/mol. The second-order valence-corrected chi connectivity index (χ2v) is 6.93. The molecular weight excluding hydrogens is 430 g/mol. The highest BCUT2D eigenvalue weighted by molar-refractivity contribution is 6.32. The molecule has 0 radical (unpaired) electrons. The van der Waals surface area contributed by atoms with Crippen molar-refractivity contribution < 1.29 is 18.7 Å². The predicted octanol–water partition coefficient (Wildman–Crippen LogP) is 5.48. The van der Waals surface area contributed by atoms with E-state index in [0.717, 1.165) is 5.56 Å². The average molecular weight is 447 g/mol. The quantitative estimate of drug-likeness (QED) is 0.385. The van der Waals surface area contributed by atoms with Crippen LogP contribution in [0.3, 0.4) is 0 Å². The topological polar surface area (TPSA) is 59.9 Å². The number of benzene rings is 3. The van der Waals surface area contributed by atoms with E-state index in [1.165, 1.54) is 37.6 Å². The molecule has 0 saturated carbocycles. The van der Waals surface area contributed by atoms with E-state index in [4.69, 9.17) is 32.7 Å². The molecule has 3 rings (SSSR count). The Bertz CT molecular complexity index is 1070. The van der Waals surface area contributed by atoms with Gasteiger partial charge >= 0.3 is 0 Å². The standard InChI is InChI=1S/C22H17Cl2FN2O3/c1-29-20-11-14(12-26-27-22(28)15-6-8-17(25)9-7-15)10-19(24)21(20)30-13-16-4-2-3-5-18(16)23/h2-12H,13H2,1H3,(H,27,28)/b26-12-. The minimum absolute atomic E-state index is 0.219. The molecule has 0 saturated heterocycles. The molecule has 0 aliphatic carbocycles. The van der Waals surface area contributed by atoms with Gasteiger partial charge in [0.2, 0.25) is 0 Å². The highest BCUT2D eigenvalue weighted by Gasteiger charge is 2.13. The zero-order valence-electron chi connectivity index (χ0n) is 15.9. The van der Waals surface area contributed by atoms with Crippen LogP contribution in [0.25, 0.3) is 0 Å². The minimum Gasteiger partial charge on any atom is -0.493 e. The van der Waals surface area contributed by atoms with Crippen LogP contribution in [0.15, 0.2) is 65.8 Å². The molecule has 1 amide bonds. The summed E-state index contributed by atoms with van der Waals surface area (Å²) in [4.78, 5) is 12.0. The SMILES string of the molecule is COc1cc(/C=N\NC(=O)c2ccc(F)cc2)cc(Cl)c1OCc1ccccc1Cl. The first kappa shape index (κ1) is 21.6. The van der Waals surface area contributed by atoms with E-state index in [0.29, 0.717) is 27.1 Å². The van der Waals surface area contributed by atoms with Gasteiger partial charge in [-0.25, -0.2) is 9.82 Å². The molecule has 154 valence electrons. The van der Waals surface area contributed by atoms with E-state index < -0.39 is 11.7 Å². The Morgan fingerprint density at radius 3 is 2.53 bits per heavy atom. The normalized spacial score (nSPS) is 10.8. The van der Waals surface area contributed by atoms with Crippen molar-refractivity contribution in [3.8, 4) is 11.5 Å². The van der Waals surface area contributed by atoms with E-state index in [1.54, 1.807) is 18.2 Å². The molecule has 0 spiro atoms. The number of carbonyl (C=O) groups is 1. The molecule has 0 bridgehead atoms. The third kappa shape index (κ3) is 5.49. The fourth-order valence-electron chi connectivity index (χ4n) is 2.55. The monoisotopic (exact) mass is 446 g/mol. The summed E-state index contributed by atoms with van der Waals surface area (Å²) >= 11 is 12.5. The number of nitrogens with zero attached hydrogens (tertiary/aromatic N) is 1. The first-order valence-electron chi connectivity index (χ1n) is 8.80. The van der Waals surface area contributed by atoms with Crippen molar-refractivity contribution >= 4 is 35.3 Å². The van der Waals surface area contributed by atoms with E-state index in [2.05, 4.69) is 10.5 Å². The molecule has 5 nitrogen and oxygen atoms in total. The molecule has 0 aromatic heterocycles. The third-order valence-electron chi connectivity index (χ3n) is 4.07. The number of methoxy groups -OCH3 is 1. The van der Waals surface area contributed by atoms with Gasteiger partial charge in [-0.05, 0) is 48.0 Å². The summed E-state index contributed by atoms with van der Waals surface area (Å²) in [6.07, 6.45) is 1.41. The fraction of sp³-hybridized carbons (Fsp3) is 0.0909. The van der Waals surface area contributed by atoms with Crippen molar-refractivity contribution in [2.75, 3.05) is 7.11 Å². The number of hydrazone groups is 1. The Hall–Kier alpha value is -3.09. The molecule has 0 aliphatic rings. The maximum atomic E-state index is 12.9. The lowest BCUT2D eigenvalue weighted by molar-refractivity contribution is 0.0955. The van der Waals surface area contributed by atoms with Crippen molar-refractivity contribution in [3.05, 3.63) is 93.2 Å². The smallest absolute Gasteiger partial charge is 0.271 e. The Kier molecular flexibility index (Phi) is 7.27. The molecule has 8 heteroatoms. The van der Waals surface area contributed by atoms with E-state index in [9.17, 15) is 9.18 Å². The number of carbonyl (C=O) groups excluding carboxylic acids is 1. The molecule has 0 aliphatic heterocycles. The largest absolute Gasteiger partial charge is 0.493 e. The summed E-state index contributed by atoms with van der Waals surface area (Å²) in [7, 11) is 1.49. The number of halogens is 3. The maximum absolute atomic E-state index is 12.9. The number of rotatable bonds is 7. The van der Waals surface area contributed by atoms with Crippen LogP contribution in [0.5, 0.6) is 11.5 Å². The summed E-state index contributed by atoms with van der Waals surface area (Å²) in [6.45, 7) is 0.219. The van der Waals surface area contributed by atoms with Gasteiger partial charge in [0.15, 0.2) is 11.5 Å². The van der Waals surface area contributed by atoms with E-state index >= 15 is 0 Å². The second kappa shape index (κ2) is 10.1. The number of nitrogens with one attached hydrogen (secondary N) is 1. The Morgan fingerprint density at radius 2 is 1.83 bits per heavy atom. The second-order valence-electron chi connectivity index (χ2n) is 6.12. The highest BCUT2D eigenvalue weighted by Crippen LogP contribution is 2.37. The Morgan fingerprint density at radius 1 is 1.10 bits per heavy atom. The van der Waals surface area contributed by atoms with Crippen LogP contribution in [0.4, 0.5) is 4.39 Å². The average Bonchev–Trinajstić information content (AvgIpc) is 2.74. The molecule has 30 heavy (non-hydrogen) atoms. The van der Waals surface area contributed by atoms with Gasteiger partial charge in [0.05, 0.1) is 18.3 Å². The molecule has 3 aromatic rings. The lowest BCUT2D eigenvalue weighted by atomic mass is 10.2. The number of hydrogen-bond donors (Lipinski definition) is 1. The molecular formula is C22H17Cl2FN2O3. The third-order valence-corrected chi connectivity index (χ3v) is 4.72. The zero-order valence-corrected chi connectivity index (χ0v) is 17.4. The Labute approximate surface area is 183 Å². The highest BCUT2D eigenvalue weighted by atomic mass is 35.5. The van der Waals surface area contributed by atoms with Crippen LogP contribution in [-0.4, -0.2) is 19.2 Å². The van der Waals surface area contributed by atoms with Gasteiger partial charge in [-0.1, -0.05) is 41.4 Å². The van der Waals surface area contributed by atoms with Crippen LogP contribution in [-0.2, 0) is 6.61 Å². The van der Waals surface area contributed by atoms with Crippen LogP contribution in [0.2, 0.25) is 10.0 Å². The van der Waals surface area contributed by atoms with Crippen molar-refractivity contribution in [2.24, 2.45) is 5.10 Å². The first-order valence-corrected chi connectivity index (χ1v) is 9.56. The van der Waals surface area contributed by atoms with Crippen molar-refractivity contribution in [3.63, 3.8) is 0 Å². The molecule has 3 aromatic carbocycles. The fourth-order valence-corrected chi connectivity index (χ4v) is 3.01. The minimum atomic E-state index is -0.469. The number of hydrogen-bond acceptors (Lipinski definition) is 4. The van der Waals surface area contributed by atoms with Crippen LogP contribution in [0.1, 0.15) is 21.5 Å². The van der Waals surface area contributed by atoms with Gasteiger partial charge in [-0.2, -0.15) is 5.10 Å². The molecule has 0 unspecified atom stereocenters. The number of ether oxygens (including phenoxy) is 2. The summed E-state index contributed by atoms with van der Waals surface area (Å²) < 4.78 is 24.1. The zero-order chi connectivity index (χ0) is 21.5. The molecule has 1 N–H and O–H groups in total. The summed E-state index contributed by atoms with van der Waals surface area (Å²) in [6, 6.07) is 15.8. The van der Waals surface area contributed by atoms with Crippen molar-refractivity contribution in [1.82, 2.24) is 5.43 Å². The molecule has 0 heterocycles. The Balaban J connectivity index is 1.70. The van der Waals surface area contributed by atoms with Crippen LogP contribution < -0.4 is 14.9 Å². The van der Waals surface area contributed by atoms with Gasteiger partial charge in [-0.3, -0.25) is 4.79 Å². The van der Waals surface area contributed by atoms with Gasteiger partial charge in [-0.15, -0.1) is 0 Å². The van der Waals surface area contributed by atoms with Gasteiger partial charge in [0.25, 0.3) is 5.91 Å². The van der Waals surface area contributed by atoms with Crippen LogP contribution in [0, 0.1) is 5.82 Å². The summed E-state index contributed by atoms with van der Waals surface area (Å²) in [5.74, 6) is -0.120. The first-order chi connectivity index (χ1) is 14.5. The summed E-state index contributed by atoms with van der Waals surface area (Å²) in [5, 5.41) is 4.80. The van der Waals surface area contributed by atoms with Gasteiger partial charge in [0.1, 0.15) is 12.4 Å².